The maximum absolute atomic E-state index is 14.8. The minimum absolute atomic E-state index is 0.0530. The van der Waals surface area contributed by atoms with Crippen molar-refractivity contribution in [1.82, 2.24) is 10.2 Å². The van der Waals surface area contributed by atoms with Gasteiger partial charge in [0.15, 0.2) is 11.0 Å². The SMILES string of the molecule is CCc1nnc(N2C(=O)c3oc4ccc(F)cc4c(=O)c3C23C(=O)N(Cc2ccc(C)cc2)c2ccccc23)s1. The van der Waals surface area contributed by atoms with E-state index in [1.807, 2.05) is 38.1 Å². The summed E-state index contributed by atoms with van der Waals surface area (Å²) in [6, 6.07) is 18.4. The van der Waals surface area contributed by atoms with E-state index in [0.717, 1.165) is 23.3 Å². The van der Waals surface area contributed by atoms with E-state index >= 15 is 0 Å². The molecular weight excluding hydrogens is 531 g/mol. The predicted octanol–water partition coefficient (Wildman–Crippen LogP) is 5.11. The second-order valence-electron chi connectivity index (χ2n) is 9.85. The Labute approximate surface area is 231 Å². The Bertz CT molecular complexity index is 1930. The number of fused-ring (bicyclic) bond motifs is 5. The van der Waals surface area contributed by atoms with Crippen molar-refractivity contribution < 1.29 is 18.4 Å². The first kappa shape index (κ1) is 24.3. The number of halogens is 1. The van der Waals surface area contributed by atoms with Gasteiger partial charge in [-0.15, -0.1) is 10.2 Å². The van der Waals surface area contributed by atoms with Crippen LogP contribution in [0.25, 0.3) is 11.0 Å². The number of para-hydroxylation sites is 1. The molecule has 8 nitrogen and oxygen atoms in total. The molecule has 0 aliphatic carbocycles. The lowest BCUT2D eigenvalue weighted by molar-refractivity contribution is -0.121. The van der Waals surface area contributed by atoms with Crippen LogP contribution >= 0.6 is 11.3 Å². The second-order valence-corrected chi connectivity index (χ2v) is 10.9. The number of carbonyl (C=O) groups excluding carboxylic acids is 2. The zero-order chi connectivity index (χ0) is 27.8. The van der Waals surface area contributed by atoms with Crippen LogP contribution in [0.4, 0.5) is 15.2 Å². The number of hydrogen-bond donors (Lipinski definition) is 0. The van der Waals surface area contributed by atoms with Gasteiger partial charge in [0.2, 0.25) is 10.9 Å². The standard InChI is InChI=1S/C30H21FN4O4S/c1-3-23-32-33-29(40-23)35-27(37)26-24(25(36)19-14-18(31)12-13-22(19)39-26)30(35)20-6-4-5-7-21(20)34(28(30)38)15-17-10-8-16(2)9-11-17/h4-14H,3,15H2,1-2H3. The number of benzene rings is 3. The van der Waals surface area contributed by atoms with Crippen molar-refractivity contribution in [2.24, 2.45) is 0 Å². The third kappa shape index (κ3) is 3.19. The fraction of sp³-hybridized carbons (Fsp3) is 0.167. The van der Waals surface area contributed by atoms with E-state index in [4.69, 9.17) is 4.42 Å². The Balaban J connectivity index is 1.55. The van der Waals surface area contributed by atoms with Crippen LogP contribution in [0, 0.1) is 12.7 Å². The number of aromatic nitrogens is 2. The van der Waals surface area contributed by atoms with Crippen LogP contribution in [0.2, 0.25) is 0 Å². The van der Waals surface area contributed by atoms with Crippen LogP contribution in [0.3, 0.4) is 0 Å². The molecule has 5 aromatic rings. The molecule has 0 saturated carbocycles. The number of anilines is 2. The van der Waals surface area contributed by atoms with E-state index in [2.05, 4.69) is 10.2 Å². The summed E-state index contributed by atoms with van der Waals surface area (Å²) in [6.07, 6.45) is 0.573. The van der Waals surface area contributed by atoms with Gasteiger partial charge in [-0.25, -0.2) is 4.39 Å². The van der Waals surface area contributed by atoms with Gasteiger partial charge in [0.25, 0.3) is 11.8 Å². The lowest BCUT2D eigenvalue weighted by atomic mass is 9.84. The molecule has 1 atom stereocenters. The van der Waals surface area contributed by atoms with Gasteiger partial charge < -0.3 is 9.32 Å². The highest BCUT2D eigenvalue weighted by Crippen LogP contribution is 2.54. The third-order valence-corrected chi connectivity index (χ3v) is 8.55. The molecule has 198 valence electrons. The first-order chi connectivity index (χ1) is 19.3. The van der Waals surface area contributed by atoms with Gasteiger partial charge in [-0.2, -0.15) is 0 Å². The molecule has 2 aliphatic rings. The number of amides is 2. The van der Waals surface area contributed by atoms with E-state index in [1.165, 1.54) is 22.3 Å². The largest absolute Gasteiger partial charge is 0.450 e. The second kappa shape index (κ2) is 8.65. The Kier molecular flexibility index (Phi) is 5.27. The average Bonchev–Trinajstić information content (AvgIpc) is 3.60. The molecule has 3 aromatic carbocycles. The Morgan fingerprint density at radius 2 is 1.77 bits per heavy atom. The fourth-order valence-corrected chi connectivity index (χ4v) is 6.48. The number of carbonyl (C=O) groups is 2. The van der Waals surface area contributed by atoms with E-state index in [1.54, 1.807) is 29.2 Å². The summed E-state index contributed by atoms with van der Waals surface area (Å²) >= 11 is 1.17. The van der Waals surface area contributed by atoms with Crippen molar-refractivity contribution in [3.8, 4) is 0 Å². The average molecular weight is 553 g/mol. The Morgan fingerprint density at radius 3 is 2.52 bits per heavy atom. The van der Waals surface area contributed by atoms with Gasteiger partial charge in [0, 0.05) is 5.56 Å². The molecule has 1 unspecified atom stereocenters. The number of rotatable bonds is 4. The van der Waals surface area contributed by atoms with Crippen LogP contribution in [0.15, 0.2) is 75.9 Å². The molecule has 2 aliphatic heterocycles. The van der Waals surface area contributed by atoms with Gasteiger partial charge >= 0.3 is 0 Å². The molecule has 4 heterocycles. The quantitative estimate of drug-likeness (QED) is 0.308. The fourth-order valence-electron chi connectivity index (χ4n) is 5.65. The third-order valence-electron chi connectivity index (χ3n) is 7.50. The molecule has 2 aromatic heterocycles. The molecule has 0 radical (unpaired) electrons. The van der Waals surface area contributed by atoms with E-state index in [0.29, 0.717) is 22.7 Å². The lowest BCUT2D eigenvalue weighted by Crippen LogP contribution is -2.53. The maximum Gasteiger partial charge on any atom is 0.297 e. The summed E-state index contributed by atoms with van der Waals surface area (Å²) in [5.74, 6) is -2.08. The van der Waals surface area contributed by atoms with Crippen LogP contribution < -0.4 is 15.2 Å². The van der Waals surface area contributed by atoms with Crippen molar-refractivity contribution in [3.63, 3.8) is 0 Å². The van der Waals surface area contributed by atoms with Gasteiger partial charge in [0.05, 0.1) is 23.2 Å². The highest BCUT2D eigenvalue weighted by molar-refractivity contribution is 7.15. The van der Waals surface area contributed by atoms with E-state index in [-0.39, 0.29) is 34.0 Å². The van der Waals surface area contributed by atoms with E-state index in [9.17, 15) is 18.8 Å². The monoisotopic (exact) mass is 552 g/mol. The lowest BCUT2D eigenvalue weighted by Gasteiger charge is -2.32. The normalized spacial score (nSPS) is 17.8. The first-order valence-corrected chi connectivity index (χ1v) is 13.6. The summed E-state index contributed by atoms with van der Waals surface area (Å²) < 4.78 is 20.3. The van der Waals surface area contributed by atoms with Crippen molar-refractivity contribution in [2.75, 3.05) is 9.80 Å². The van der Waals surface area contributed by atoms with Crippen LogP contribution in [0.5, 0.6) is 0 Å². The minimum Gasteiger partial charge on any atom is -0.450 e. The number of hydrogen-bond acceptors (Lipinski definition) is 7. The molecule has 0 fully saturated rings. The first-order valence-electron chi connectivity index (χ1n) is 12.8. The highest BCUT2D eigenvalue weighted by Gasteiger charge is 2.66. The number of aryl methyl sites for hydroxylation is 2. The predicted molar refractivity (Wildman–Crippen MR) is 148 cm³/mol. The van der Waals surface area contributed by atoms with Crippen molar-refractivity contribution in [2.45, 2.75) is 32.4 Å². The Hall–Kier alpha value is -4.70. The molecule has 7 rings (SSSR count). The summed E-state index contributed by atoms with van der Waals surface area (Å²) in [7, 11) is 0. The summed E-state index contributed by atoms with van der Waals surface area (Å²) in [5.41, 5.74) is 0.304. The molecule has 2 amide bonds. The minimum atomic E-state index is -1.90. The molecule has 1 spiro atoms. The molecular formula is C30H21FN4O4S. The smallest absolute Gasteiger partial charge is 0.297 e. The van der Waals surface area contributed by atoms with Crippen LogP contribution in [0.1, 0.15) is 44.7 Å². The Morgan fingerprint density at radius 1 is 1.00 bits per heavy atom. The van der Waals surface area contributed by atoms with Crippen molar-refractivity contribution >= 4 is 44.9 Å². The molecule has 40 heavy (non-hydrogen) atoms. The van der Waals surface area contributed by atoms with E-state index < -0.39 is 28.6 Å². The summed E-state index contributed by atoms with van der Waals surface area (Å²) in [6.45, 7) is 4.10. The molecule has 0 N–H and O–H groups in total. The molecule has 0 bridgehead atoms. The van der Waals surface area contributed by atoms with Crippen LogP contribution in [-0.4, -0.2) is 22.0 Å². The molecule has 0 saturated heterocycles. The van der Waals surface area contributed by atoms with Crippen LogP contribution in [-0.2, 0) is 23.3 Å². The zero-order valence-corrected chi connectivity index (χ0v) is 22.3. The summed E-state index contributed by atoms with van der Waals surface area (Å²) in [5, 5.41) is 9.23. The summed E-state index contributed by atoms with van der Waals surface area (Å²) in [4.78, 5) is 46.0. The topological polar surface area (TPSA) is 96.6 Å². The molecule has 10 heteroatoms. The van der Waals surface area contributed by atoms with Crippen molar-refractivity contribution in [3.05, 3.63) is 116 Å². The van der Waals surface area contributed by atoms with Gasteiger partial charge in [0.1, 0.15) is 16.4 Å². The highest BCUT2D eigenvalue weighted by atomic mass is 32.1. The van der Waals surface area contributed by atoms with Gasteiger partial charge in [-0.05, 0) is 43.2 Å². The maximum atomic E-state index is 14.8. The number of nitrogens with zero attached hydrogens (tertiary/aromatic N) is 4. The van der Waals surface area contributed by atoms with Gasteiger partial charge in [-0.3, -0.25) is 19.3 Å². The van der Waals surface area contributed by atoms with Gasteiger partial charge in [-0.1, -0.05) is 66.3 Å². The zero-order valence-electron chi connectivity index (χ0n) is 21.5. The van der Waals surface area contributed by atoms with Crippen molar-refractivity contribution in [1.29, 1.82) is 0 Å².